The third-order valence-corrected chi connectivity index (χ3v) is 3.77. The van der Waals surface area contributed by atoms with E-state index in [1.165, 1.54) is 64.2 Å². The van der Waals surface area contributed by atoms with E-state index in [2.05, 4.69) is 12.2 Å². The molecule has 1 fully saturated rings. The molecule has 96 valence electrons. The molecule has 2 nitrogen and oxygen atoms in total. The number of hydrogen-bond acceptors (Lipinski definition) is 2. The van der Waals surface area contributed by atoms with Crippen LogP contribution in [-0.4, -0.2) is 18.6 Å². The van der Waals surface area contributed by atoms with E-state index in [-0.39, 0.29) is 0 Å². The predicted octanol–water partition coefficient (Wildman–Crippen LogP) is 3.21. The molecule has 1 atom stereocenters. The smallest absolute Gasteiger partial charge is 0.0192 e. The molecule has 3 N–H and O–H groups in total. The van der Waals surface area contributed by atoms with Crippen LogP contribution in [-0.2, 0) is 0 Å². The van der Waals surface area contributed by atoms with Crippen LogP contribution < -0.4 is 11.1 Å². The van der Waals surface area contributed by atoms with E-state index in [0.717, 1.165) is 12.6 Å². The van der Waals surface area contributed by atoms with Crippen molar-refractivity contribution < 1.29 is 0 Å². The molecule has 1 aliphatic rings. The van der Waals surface area contributed by atoms with Crippen molar-refractivity contribution in [1.82, 2.24) is 5.32 Å². The second-order valence-electron chi connectivity index (χ2n) is 5.28. The minimum atomic E-state index is 0.564. The van der Waals surface area contributed by atoms with Gasteiger partial charge in [-0.1, -0.05) is 51.9 Å². The zero-order valence-electron chi connectivity index (χ0n) is 11.0. The van der Waals surface area contributed by atoms with Gasteiger partial charge < -0.3 is 11.1 Å². The Labute approximate surface area is 101 Å². The lowest BCUT2D eigenvalue weighted by Crippen LogP contribution is -2.42. The lowest BCUT2D eigenvalue weighted by atomic mass is 10.0. The van der Waals surface area contributed by atoms with Gasteiger partial charge in [-0.3, -0.25) is 0 Å². The highest BCUT2D eigenvalue weighted by Crippen LogP contribution is 2.18. The van der Waals surface area contributed by atoms with Crippen LogP contribution in [0.3, 0.4) is 0 Å². The maximum atomic E-state index is 5.85. The SMILES string of the molecule is CCCCCC(CN)NC1CCCCCC1. The van der Waals surface area contributed by atoms with Crippen LogP contribution in [0.1, 0.15) is 71.1 Å². The molecule has 2 heteroatoms. The van der Waals surface area contributed by atoms with Gasteiger partial charge in [0.2, 0.25) is 0 Å². The summed E-state index contributed by atoms with van der Waals surface area (Å²) in [5.74, 6) is 0. The first-order valence-corrected chi connectivity index (χ1v) is 7.33. The normalized spacial score (nSPS) is 20.6. The van der Waals surface area contributed by atoms with Crippen LogP contribution in [0, 0.1) is 0 Å². The summed E-state index contributed by atoms with van der Waals surface area (Å²) in [6.45, 7) is 3.07. The van der Waals surface area contributed by atoms with Crippen LogP contribution >= 0.6 is 0 Å². The van der Waals surface area contributed by atoms with Crippen molar-refractivity contribution in [2.75, 3.05) is 6.54 Å². The minimum absolute atomic E-state index is 0.564. The molecule has 0 aliphatic heterocycles. The molecular weight excluding hydrogens is 196 g/mol. The Hall–Kier alpha value is -0.0800. The Balaban J connectivity index is 2.19. The highest BCUT2D eigenvalue weighted by molar-refractivity contribution is 4.77. The van der Waals surface area contributed by atoms with E-state index in [1.54, 1.807) is 0 Å². The second-order valence-corrected chi connectivity index (χ2v) is 5.28. The van der Waals surface area contributed by atoms with Gasteiger partial charge in [0.25, 0.3) is 0 Å². The fourth-order valence-electron chi connectivity index (χ4n) is 2.69. The topological polar surface area (TPSA) is 38.0 Å². The monoisotopic (exact) mass is 226 g/mol. The van der Waals surface area contributed by atoms with Crippen molar-refractivity contribution in [3.8, 4) is 0 Å². The van der Waals surface area contributed by atoms with Gasteiger partial charge in [0.05, 0.1) is 0 Å². The van der Waals surface area contributed by atoms with Crippen LogP contribution in [0.15, 0.2) is 0 Å². The number of unbranched alkanes of at least 4 members (excludes halogenated alkanes) is 2. The first-order valence-electron chi connectivity index (χ1n) is 7.33. The summed E-state index contributed by atoms with van der Waals surface area (Å²) in [7, 11) is 0. The van der Waals surface area contributed by atoms with E-state index in [4.69, 9.17) is 5.73 Å². The first-order chi connectivity index (χ1) is 7.86. The molecule has 1 aliphatic carbocycles. The zero-order valence-corrected chi connectivity index (χ0v) is 11.0. The highest BCUT2D eigenvalue weighted by Gasteiger charge is 2.15. The Kier molecular flexibility index (Phi) is 7.87. The van der Waals surface area contributed by atoms with Crippen LogP contribution in [0.5, 0.6) is 0 Å². The second kappa shape index (κ2) is 9.00. The van der Waals surface area contributed by atoms with Gasteiger partial charge in [-0.15, -0.1) is 0 Å². The van der Waals surface area contributed by atoms with Gasteiger partial charge in [-0.05, 0) is 19.3 Å². The van der Waals surface area contributed by atoms with E-state index in [9.17, 15) is 0 Å². The van der Waals surface area contributed by atoms with Crippen molar-refractivity contribution >= 4 is 0 Å². The molecule has 1 unspecified atom stereocenters. The van der Waals surface area contributed by atoms with Gasteiger partial charge in [0, 0.05) is 18.6 Å². The maximum absolute atomic E-state index is 5.85. The van der Waals surface area contributed by atoms with Gasteiger partial charge in [0.1, 0.15) is 0 Å². The lowest BCUT2D eigenvalue weighted by Gasteiger charge is -2.24. The summed E-state index contributed by atoms with van der Waals surface area (Å²) in [5, 5.41) is 3.78. The molecule has 16 heavy (non-hydrogen) atoms. The summed E-state index contributed by atoms with van der Waals surface area (Å²) in [6.07, 6.45) is 13.7. The average Bonchev–Trinajstić information content (AvgIpc) is 2.56. The average molecular weight is 226 g/mol. The quantitative estimate of drug-likeness (QED) is 0.517. The number of nitrogens with one attached hydrogen (secondary N) is 1. The fourth-order valence-corrected chi connectivity index (χ4v) is 2.69. The Morgan fingerprint density at radius 2 is 1.81 bits per heavy atom. The first kappa shape index (κ1) is 14.0. The molecule has 0 aromatic heterocycles. The highest BCUT2D eigenvalue weighted by atomic mass is 15.0. The lowest BCUT2D eigenvalue weighted by molar-refractivity contribution is 0.374. The molecule has 0 saturated heterocycles. The molecule has 0 amide bonds. The molecule has 0 bridgehead atoms. The molecule has 1 rings (SSSR count). The Bertz CT molecular complexity index is 151. The zero-order chi connectivity index (χ0) is 11.6. The van der Waals surface area contributed by atoms with Crippen LogP contribution in [0.25, 0.3) is 0 Å². The third-order valence-electron chi connectivity index (χ3n) is 3.77. The van der Waals surface area contributed by atoms with Gasteiger partial charge >= 0.3 is 0 Å². The summed E-state index contributed by atoms with van der Waals surface area (Å²) >= 11 is 0. The van der Waals surface area contributed by atoms with E-state index < -0.39 is 0 Å². The molecular formula is C14H30N2. The van der Waals surface area contributed by atoms with Crippen LogP contribution in [0.4, 0.5) is 0 Å². The van der Waals surface area contributed by atoms with Gasteiger partial charge in [-0.2, -0.15) is 0 Å². The number of nitrogens with two attached hydrogens (primary N) is 1. The standard InChI is InChI=1S/C14H30N2/c1-2-3-6-11-14(12-15)16-13-9-7-4-5-8-10-13/h13-14,16H,2-12,15H2,1H3. The minimum Gasteiger partial charge on any atom is -0.329 e. The molecule has 0 heterocycles. The Morgan fingerprint density at radius 3 is 2.38 bits per heavy atom. The van der Waals surface area contributed by atoms with E-state index in [0.29, 0.717) is 6.04 Å². The van der Waals surface area contributed by atoms with E-state index >= 15 is 0 Å². The van der Waals surface area contributed by atoms with Crippen LogP contribution in [0.2, 0.25) is 0 Å². The number of hydrogen-bond donors (Lipinski definition) is 2. The molecule has 0 aromatic rings. The summed E-state index contributed by atoms with van der Waals surface area (Å²) in [6, 6.07) is 1.31. The summed E-state index contributed by atoms with van der Waals surface area (Å²) < 4.78 is 0. The third kappa shape index (κ3) is 5.86. The van der Waals surface area contributed by atoms with E-state index in [1.807, 2.05) is 0 Å². The molecule has 1 saturated carbocycles. The molecule has 0 spiro atoms. The summed E-state index contributed by atoms with van der Waals surface area (Å²) in [4.78, 5) is 0. The Morgan fingerprint density at radius 1 is 1.12 bits per heavy atom. The van der Waals surface area contributed by atoms with Crippen molar-refractivity contribution in [1.29, 1.82) is 0 Å². The fraction of sp³-hybridized carbons (Fsp3) is 1.00. The predicted molar refractivity (Wildman–Crippen MR) is 71.6 cm³/mol. The van der Waals surface area contributed by atoms with Crippen molar-refractivity contribution in [2.45, 2.75) is 83.2 Å². The largest absolute Gasteiger partial charge is 0.329 e. The van der Waals surface area contributed by atoms with Crippen molar-refractivity contribution in [3.05, 3.63) is 0 Å². The van der Waals surface area contributed by atoms with Crippen molar-refractivity contribution in [2.24, 2.45) is 5.73 Å². The summed E-state index contributed by atoms with van der Waals surface area (Å²) in [5.41, 5.74) is 5.85. The van der Waals surface area contributed by atoms with Crippen molar-refractivity contribution in [3.63, 3.8) is 0 Å². The van der Waals surface area contributed by atoms with Gasteiger partial charge in [0.15, 0.2) is 0 Å². The molecule has 0 radical (unpaired) electrons. The maximum Gasteiger partial charge on any atom is 0.0192 e. The van der Waals surface area contributed by atoms with Gasteiger partial charge in [-0.25, -0.2) is 0 Å². The molecule has 0 aromatic carbocycles. The number of rotatable bonds is 7.